The topological polar surface area (TPSA) is 66.1 Å². The normalized spacial score (nSPS) is 12.3. The molecule has 3 aromatic rings. The number of furan rings is 1. The standard InChI is InChI=1S/C22H25NO4/c1-17-8-10-20(11-9-17)27-16-19(24)14-23(15-21-6-4-12-26-21)13-18-5-2-3-7-22(18)25/h2-12,19,24-25H,13-16H2,1H3. The van der Waals surface area contributed by atoms with Crippen LogP contribution in [-0.2, 0) is 13.1 Å². The molecule has 1 atom stereocenters. The van der Waals surface area contributed by atoms with Gasteiger partial charge in [-0.25, -0.2) is 0 Å². The lowest BCUT2D eigenvalue weighted by Gasteiger charge is -2.24. The van der Waals surface area contributed by atoms with E-state index < -0.39 is 6.10 Å². The summed E-state index contributed by atoms with van der Waals surface area (Å²) in [5, 5.41) is 20.5. The Morgan fingerprint density at radius 1 is 1.00 bits per heavy atom. The first-order valence-electron chi connectivity index (χ1n) is 8.99. The van der Waals surface area contributed by atoms with Gasteiger partial charge in [0.05, 0.1) is 12.8 Å². The highest BCUT2D eigenvalue weighted by molar-refractivity contribution is 5.31. The predicted molar refractivity (Wildman–Crippen MR) is 104 cm³/mol. The average Bonchev–Trinajstić information content (AvgIpc) is 3.16. The molecule has 2 aromatic carbocycles. The minimum atomic E-state index is -0.674. The van der Waals surface area contributed by atoms with E-state index >= 15 is 0 Å². The highest BCUT2D eigenvalue weighted by atomic mass is 16.5. The highest BCUT2D eigenvalue weighted by Crippen LogP contribution is 2.20. The first kappa shape index (κ1) is 19.0. The largest absolute Gasteiger partial charge is 0.508 e. The Morgan fingerprint density at radius 2 is 1.78 bits per heavy atom. The van der Waals surface area contributed by atoms with Crippen molar-refractivity contribution in [2.24, 2.45) is 0 Å². The van der Waals surface area contributed by atoms with Crippen LogP contribution in [0.4, 0.5) is 0 Å². The van der Waals surface area contributed by atoms with Gasteiger partial charge in [0, 0.05) is 18.7 Å². The van der Waals surface area contributed by atoms with Gasteiger partial charge in [0.1, 0.15) is 30.0 Å². The van der Waals surface area contributed by atoms with E-state index in [0.717, 1.165) is 22.6 Å². The lowest BCUT2D eigenvalue weighted by molar-refractivity contribution is 0.0602. The summed E-state index contributed by atoms with van der Waals surface area (Å²) in [5.41, 5.74) is 1.96. The van der Waals surface area contributed by atoms with Crippen LogP contribution in [0.5, 0.6) is 11.5 Å². The molecule has 3 rings (SSSR count). The molecule has 0 saturated heterocycles. The summed E-state index contributed by atoms with van der Waals surface area (Å²) in [5.74, 6) is 1.78. The third kappa shape index (κ3) is 5.88. The van der Waals surface area contributed by atoms with Crippen molar-refractivity contribution in [3.8, 4) is 11.5 Å². The lowest BCUT2D eigenvalue weighted by Crippen LogP contribution is -2.35. The van der Waals surface area contributed by atoms with Crippen molar-refractivity contribution in [2.45, 2.75) is 26.1 Å². The number of ether oxygens (including phenoxy) is 1. The van der Waals surface area contributed by atoms with Crippen molar-refractivity contribution in [1.82, 2.24) is 4.90 Å². The Kier molecular flexibility index (Phi) is 6.52. The number of nitrogens with zero attached hydrogens (tertiary/aromatic N) is 1. The number of rotatable bonds is 9. The minimum absolute atomic E-state index is 0.193. The maximum Gasteiger partial charge on any atom is 0.120 e. The Labute approximate surface area is 159 Å². The number of aromatic hydroxyl groups is 1. The monoisotopic (exact) mass is 367 g/mol. The maximum absolute atomic E-state index is 10.5. The fourth-order valence-electron chi connectivity index (χ4n) is 2.87. The Bertz CT molecular complexity index is 815. The van der Waals surface area contributed by atoms with Crippen LogP contribution in [0, 0.1) is 6.92 Å². The number of phenols is 1. The minimum Gasteiger partial charge on any atom is -0.508 e. The molecule has 0 saturated carbocycles. The summed E-state index contributed by atoms with van der Waals surface area (Å²) >= 11 is 0. The van der Waals surface area contributed by atoms with Crippen molar-refractivity contribution in [3.05, 3.63) is 83.8 Å². The molecule has 2 N–H and O–H groups in total. The third-order valence-electron chi connectivity index (χ3n) is 4.28. The van der Waals surface area contributed by atoms with Gasteiger partial charge in [-0.2, -0.15) is 0 Å². The molecular weight excluding hydrogens is 342 g/mol. The quantitative estimate of drug-likeness (QED) is 0.603. The second-order valence-corrected chi connectivity index (χ2v) is 6.66. The van der Waals surface area contributed by atoms with Crippen LogP contribution in [0.2, 0.25) is 0 Å². The van der Waals surface area contributed by atoms with Crippen molar-refractivity contribution in [2.75, 3.05) is 13.2 Å². The molecule has 142 valence electrons. The van der Waals surface area contributed by atoms with Gasteiger partial charge in [0.15, 0.2) is 0 Å². The molecule has 1 unspecified atom stereocenters. The van der Waals surface area contributed by atoms with Crippen LogP contribution in [0.25, 0.3) is 0 Å². The van der Waals surface area contributed by atoms with Crippen LogP contribution in [0.15, 0.2) is 71.3 Å². The number of para-hydroxylation sites is 1. The molecule has 0 aliphatic rings. The van der Waals surface area contributed by atoms with Gasteiger partial charge in [0.2, 0.25) is 0 Å². The number of hydrogen-bond donors (Lipinski definition) is 2. The summed E-state index contributed by atoms with van der Waals surface area (Å²) < 4.78 is 11.1. The van der Waals surface area contributed by atoms with Gasteiger partial charge in [-0.05, 0) is 37.3 Å². The zero-order chi connectivity index (χ0) is 19.1. The molecule has 0 amide bonds. The molecular formula is C22H25NO4. The number of aryl methyl sites for hydroxylation is 1. The smallest absolute Gasteiger partial charge is 0.120 e. The number of hydrogen-bond acceptors (Lipinski definition) is 5. The molecule has 0 aliphatic heterocycles. The van der Waals surface area contributed by atoms with Crippen LogP contribution in [0.1, 0.15) is 16.9 Å². The van der Waals surface area contributed by atoms with E-state index in [1.165, 1.54) is 0 Å². The molecule has 5 heteroatoms. The molecule has 1 aromatic heterocycles. The van der Waals surface area contributed by atoms with Crippen molar-refractivity contribution < 1.29 is 19.4 Å². The third-order valence-corrected chi connectivity index (χ3v) is 4.28. The van der Waals surface area contributed by atoms with E-state index in [2.05, 4.69) is 0 Å². The molecule has 0 bridgehead atoms. The second-order valence-electron chi connectivity index (χ2n) is 6.66. The fourth-order valence-corrected chi connectivity index (χ4v) is 2.87. The molecule has 0 fully saturated rings. The van der Waals surface area contributed by atoms with E-state index in [-0.39, 0.29) is 12.4 Å². The van der Waals surface area contributed by atoms with Gasteiger partial charge in [-0.15, -0.1) is 0 Å². The molecule has 27 heavy (non-hydrogen) atoms. The number of phenolic OH excluding ortho intramolecular Hbond substituents is 1. The second kappa shape index (κ2) is 9.26. The highest BCUT2D eigenvalue weighted by Gasteiger charge is 2.16. The van der Waals surface area contributed by atoms with Gasteiger partial charge in [-0.3, -0.25) is 4.90 Å². The molecule has 1 heterocycles. The molecule has 0 spiro atoms. The number of benzene rings is 2. The zero-order valence-corrected chi connectivity index (χ0v) is 15.4. The van der Waals surface area contributed by atoms with E-state index in [0.29, 0.717) is 19.6 Å². The lowest BCUT2D eigenvalue weighted by atomic mass is 10.1. The summed E-state index contributed by atoms with van der Waals surface area (Å²) in [6.07, 6.45) is 0.955. The van der Waals surface area contributed by atoms with Gasteiger partial charge >= 0.3 is 0 Å². The molecule has 0 radical (unpaired) electrons. The Hall–Kier alpha value is -2.76. The molecule has 5 nitrogen and oxygen atoms in total. The van der Waals surface area contributed by atoms with Gasteiger partial charge < -0.3 is 19.4 Å². The first-order chi connectivity index (χ1) is 13.1. The van der Waals surface area contributed by atoms with Crippen LogP contribution >= 0.6 is 0 Å². The van der Waals surface area contributed by atoms with Crippen LogP contribution < -0.4 is 4.74 Å². The van der Waals surface area contributed by atoms with Crippen molar-refractivity contribution in [1.29, 1.82) is 0 Å². The van der Waals surface area contributed by atoms with Crippen molar-refractivity contribution in [3.63, 3.8) is 0 Å². The van der Waals surface area contributed by atoms with Crippen molar-refractivity contribution >= 4 is 0 Å². The SMILES string of the molecule is Cc1ccc(OCC(O)CN(Cc2ccco2)Cc2ccccc2O)cc1. The van der Waals surface area contributed by atoms with Crippen LogP contribution in [0.3, 0.4) is 0 Å². The summed E-state index contributed by atoms with van der Waals surface area (Å²) in [7, 11) is 0. The number of aliphatic hydroxyl groups excluding tert-OH is 1. The Morgan fingerprint density at radius 3 is 2.48 bits per heavy atom. The maximum atomic E-state index is 10.5. The van der Waals surface area contributed by atoms with E-state index in [1.54, 1.807) is 18.4 Å². The first-order valence-corrected chi connectivity index (χ1v) is 8.99. The van der Waals surface area contributed by atoms with Crippen LogP contribution in [-0.4, -0.2) is 34.4 Å². The fraction of sp³-hybridized carbons (Fsp3) is 0.273. The average molecular weight is 367 g/mol. The summed E-state index contributed by atoms with van der Waals surface area (Å²) in [4.78, 5) is 2.02. The van der Waals surface area contributed by atoms with E-state index in [4.69, 9.17) is 9.15 Å². The number of aliphatic hydroxyl groups is 1. The Balaban J connectivity index is 1.61. The zero-order valence-electron chi connectivity index (χ0n) is 15.4. The van der Waals surface area contributed by atoms with E-state index in [9.17, 15) is 10.2 Å². The van der Waals surface area contributed by atoms with Gasteiger partial charge in [0.25, 0.3) is 0 Å². The van der Waals surface area contributed by atoms with Gasteiger partial charge in [-0.1, -0.05) is 35.9 Å². The molecule has 0 aliphatic carbocycles. The summed E-state index contributed by atoms with van der Waals surface area (Å²) in [6, 6.07) is 18.7. The predicted octanol–water partition coefficient (Wildman–Crippen LogP) is 3.74. The summed E-state index contributed by atoms with van der Waals surface area (Å²) in [6.45, 7) is 3.63. The van der Waals surface area contributed by atoms with E-state index in [1.807, 2.05) is 60.4 Å².